The van der Waals surface area contributed by atoms with Crippen molar-refractivity contribution in [3.8, 4) is 0 Å². The van der Waals surface area contributed by atoms with Crippen LogP contribution in [0.1, 0.15) is 67.2 Å². The van der Waals surface area contributed by atoms with Crippen LogP contribution in [0.15, 0.2) is 45.7 Å². The average Bonchev–Trinajstić information content (AvgIpc) is 3.63. The van der Waals surface area contributed by atoms with Gasteiger partial charge in [-0.2, -0.15) is 5.10 Å². The molecular weight excluding hydrogens is 492 g/mol. The van der Waals surface area contributed by atoms with Gasteiger partial charge in [-0.1, -0.05) is 18.6 Å². The Morgan fingerprint density at radius 1 is 1.06 bits per heavy atom. The highest BCUT2D eigenvalue weighted by atomic mass is 32.1. The van der Waals surface area contributed by atoms with Crippen LogP contribution in [0.25, 0.3) is 6.08 Å². The van der Waals surface area contributed by atoms with Crippen LogP contribution >= 0.6 is 22.7 Å². The van der Waals surface area contributed by atoms with E-state index < -0.39 is 0 Å². The van der Waals surface area contributed by atoms with Gasteiger partial charge in [0.1, 0.15) is 5.78 Å². The molecule has 3 heterocycles. The molecule has 0 unspecified atom stereocenters. The Morgan fingerprint density at radius 3 is 2.56 bits per heavy atom. The molecule has 0 saturated heterocycles. The lowest BCUT2D eigenvalue weighted by Crippen LogP contribution is -2.40. The fourth-order valence-corrected chi connectivity index (χ4v) is 8.04. The molecule has 2 aromatic heterocycles. The molecule has 1 amide bonds. The molecule has 3 saturated carbocycles. The number of hydrogen-bond acceptors (Lipinski definition) is 7. The zero-order chi connectivity index (χ0) is 24.6. The number of carbonyl (C=O) groups excluding carboxylic acids is 3. The minimum absolute atomic E-state index is 0.0179. The zero-order valence-electron chi connectivity index (χ0n) is 20.1. The van der Waals surface area contributed by atoms with E-state index in [0.717, 1.165) is 49.1 Å². The van der Waals surface area contributed by atoms with Gasteiger partial charge in [0.05, 0.1) is 17.7 Å². The first kappa shape index (κ1) is 23.8. The van der Waals surface area contributed by atoms with Crippen LogP contribution in [-0.2, 0) is 19.1 Å². The summed E-state index contributed by atoms with van der Waals surface area (Å²) >= 11 is 3.33. The maximum absolute atomic E-state index is 13.4. The van der Waals surface area contributed by atoms with Crippen molar-refractivity contribution in [2.24, 2.45) is 28.8 Å². The van der Waals surface area contributed by atoms with E-state index in [-0.39, 0.29) is 48.2 Å². The molecule has 0 aromatic carbocycles. The summed E-state index contributed by atoms with van der Waals surface area (Å²) < 4.78 is 5.57. The SMILES string of the molecule is O=C(OCC(=O)N1N=C2/C(=C/c3cccs3)CCC[C@@H]2[C@@H]1c1cccs1)C1C[C@@H]2CCC[C@@H](C1)C2=O. The first-order valence-corrected chi connectivity index (χ1v) is 14.7. The van der Waals surface area contributed by atoms with Crippen LogP contribution in [0.5, 0.6) is 0 Å². The monoisotopic (exact) mass is 522 g/mol. The number of fused-ring (bicyclic) bond motifs is 3. The maximum Gasteiger partial charge on any atom is 0.309 e. The third-order valence-electron chi connectivity index (χ3n) is 8.17. The predicted molar refractivity (Wildman–Crippen MR) is 140 cm³/mol. The summed E-state index contributed by atoms with van der Waals surface area (Å²) in [5, 5.41) is 10.5. The molecule has 2 aromatic rings. The fraction of sp³-hybridized carbons (Fsp3) is 0.500. The molecule has 4 aliphatic rings. The van der Waals surface area contributed by atoms with E-state index in [0.29, 0.717) is 18.6 Å². The van der Waals surface area contributed by atoms with Crippen LogP contribution in [0, 0.1) is 23.7 Å². The number of esters is 1. The van der Waals surface area contributed by atoms with Crippen molar-refractivity contribution in [3.05, 3.63) is 50.4 Å². The highest BCUT2D eigenvalue weighted by Gasteiger charge is 2.45. The predicted octanol–water partition coefficient (Wildman–Crippen LogP) is 5.87. The standard InChI is InChI=1S/C28H30N2O4S2/c31-24(16-34-28(33)20-13-18-6-1-7-19(14-20)27(18)32)30-26(23-10-4-12-36-23)22-9-2-5-17(25(22)29-30)15-21-8-3-11-35-21/h3-4,8,10-12,15,18-20,22,26H,1-2,5-7,9,13-14,16H2/b17-15+/t18-,19-,22-,26+/m0/s1. The molecular formula is C28H30N2O4S2. The fourth-order valence-electron chi connectivity index (χ4n) is 6.48. The Kier molecular flexibility index (Phi) is 6.65. The summed E-state index contributed by atoms with van der Waals surface area (Å²) in [5.74, 6) is -0.485. The number of ether oxygens (including phenoxy) is 1. The number of carbonyl (C=O) groups is 3. The summed E-state index contributed by atoms with van der Waals surface area (Å²) in [5.41, 5.74) is 2.19. The van der Waals surface area contributed by atoms with Gasteiger partial charge in [-0.05, 0) is 79.5 Å². The van der Waals surface area contributed by atoms with E-state index >= 15 is 0 Å². The lowest BCUT2D eigenvalue weighted by atomic mass is 9.67. The Morgan fingerprint density at radius 2 is 1.83 bits per heavy atom. The summed E-state index contributed by atoms with van der Waals surface area (Å²) in [6, 6.07) is 8.05. The molecule has 3 fully saturated rings. The van der Waals surface area contributed by atoms with Crippen LogP contribution < -0.4 is 0 Å². The van der Waals surface area contributed by atoms with E-state index in [1.54, 1.807) is 27.7 Å². The first-order chi connectivity index (χ1) is 17.6. The smallest absolute Gasteiger partial charge is 0.309 e. The molecule has 0 radical (unpaired) electrons. The number of allylic oxidation sites excluding steroid dienone is 1. The van der Waals surface area contributed by atoms with Gasteiger partial charge >= 0.3 is 5.97 Å². The summed E-state index contributed by atoms with van der Waals surface area (Å²) in [4.78, 5) is 41.0. The third kappa shape index (κ3) is 4.50. The van der Waals surface area contributed by atoms with Gasteiger partial charge in [0.25, 0.3) is 5.91 Å². The lowest BCUT2D eigenvalue weighted by Gasteiger charge is -2.36. The van der Waals surface area contributed by atoms with Gasteiger partial charge in [0, 0.05) is 27.5 Å². The van der Waals surface area contributed by atoms with Gasteiger partial charge in [-0.3, -0.25) is 14.4 Å². The second kappa shape index (κ2) is 10.1. The van der Waals surface area contributed by atoms with Crippen molar-refractivity contribution in [1.82, 2.24) is 5.01 Å². The number of nitrogens with zero attached hydrogens (tertiary/aromatic N) is 2. The zero-order valence-corrected chi connectivity index (χ0v) is 21.8. The molecule has 1 aliphatic heterocycles. The number of ketones is 1. The van der Waals surface area contributed by atoms with Crippen molar-refractivity contribution < 1.29 is 19.1 Å². The molecule has 6 nitrogen and oxygen atoms in total. The molecule has 0 spiro atoms. The highest BCUT2D eigenvalue weighted by molar-refractivity contribution is 7.11. The van der Waals surface area contributed by atoms with Crippen LogP contribution in [-0.4, -0.2) is 35.0 Å². The molecule has 188 valence electrons. The largest absolute Gasteiger partial charge is 0.455 e. The van der Waals surface area contributed by atoms with Crippen molar-refractivity contribution in [1.29, 1.82) is 0 Å². The second-order valence-corrected chi connectivity index (χ2v) is 12.3. The average molecular weight is 523 g/mol. The number of hydrogen-bond donors (Lipinski definition) is 0. The van der Waals surface area contributed by atoms with Crippen molar-refractivity contribution >= 4 is 52.1 Å². The van der Waals surface area contributed by atoms with Gasteiger partial charge in [-0.15, -0.1) is 22.7 Å². The summed E-state index contributed by atoms with van der Waals surface area (Å²) in [7, 11) is 0. The maximum atomic E-state index is 13.4. The molecule has 4 atom stereocenters. The second-order valence-electron chi connectivity index (χ2n) is 10.4. The molecule has 2 bridgehead atoms. The summed E-state index contributed by atoms with van der Waals surface area (Å²) in [6.07, 6.45) is 9.11. The topological polar surface area (TPSA) is 76.0 Å². The number of rotatable bonds is 5. The highest BCUT2D eigenvalue weighted by Crippen LogP contribution is 2.46. The van der Waals surface area contributed by atoms with E-state index in [1.165, 1.54) is 10.5 Å². The summed E-state index contributed by atoms with van der Waals surface area (Å²) in [6.45, 7) is -0.312. The Bertz CT molecular complexity index is 1180. The normalized spacial score (nSPS) is 30.7. The molecule has 6 rings (SSSR count). The number of Topliss-reactive ketones (excluding diaryl/α,β-unsaturated/α-hetero) is 1. The van der Waals surface area contributed by atoms with E-state index in [2.05, 4.69) is 23.6 Å². The van der Waals surface area contributed by atoms with Gasteiger partial charge in [0.15, 0.2) is 6.61 Å². The van der Waals surface area contributed by atoms with E-state index in [4.69, 9.17) is 9.84 Å². The first-order valence-electron chi connectivity index (χ1n) is 13.0. The quantitative estimate of drug-likeness (QED) is 0.460. The Labute approximate surface area is 219 Å². The minimum atomic E-state index is -0.344. The lowest BCUT2D eigenvalue weighted by molar-refractivity contribution is -0.159. The number of hydrazone groups is 1. The van der Waals surface area contributed by atoms with E-state index in [9.17, 15) is 14.4 Å². The molecule has 36 heavy (non-hydrogen) atoms. The Hall–Kier alpha value is -2.58. The molecule has 8 heteroatoms. The van der Waals surface area contributed by atoms with Crippen LogP contribution in [0.4, 0.5) is 0 Å². The van der Waals surface area contributed by atoms with E-state index in [1.807, 2.05) is 17.5 Å². The third-order valence-corrected chi connectivity index (χ3v) is 9.93. The van der Waals surface area contributed by atoms with Crippen molar-refractivity contribution in [2.45, 2.75) is 57.4 Å². The van der Waals surface area contributed by atoms with Crippen molar-refractivity contribution in [3.63, 3.8) is 0 Å². The molecule has 0 N–H and O–H groups in total. The Balaban J connectivity index is 1.19. The van der Waals surface area contributed by atoms with Crippen LogP contribution in [0.3, 0.4) is 0 Å². The van der Waals surface area contributed by atoms with Crippen LogP contribution in [0.2, 0.25) is 0 Å². The number of thiophene rings is 2. The van der Waals surface area contributed by atoms with Gasteiger partial charge < -0.3 is 4.74 Å². The van der Waals surface area contributed by atoms with Crippen molar-refractivity contribution in [2.75, 3.05) is 6.61 Å². The van der Waals surface area contributed by atoms with Gasteiger partial charge in [-0.25, -0.2) is 5.01 Å². The number of amides is 1. The molecule has 3 aliphatic carbocycles. The van der Waals surface area contributed by atoms with Gasteiger partial charge in [0.2, 0.25) is 0 Å². The minimum Gasteiger partial charge on any atom is -0.455 e.